The van der Waals surface area contributed by atoms with Crippen molar-refractivity contribution < 1.29 is 43.1 Å². The highest BCUT2D eigenvalue weighted by atomic mass is 19.1. The molecule has 11 heteroatoms. The molecule has 1 aromatic carbocycles. The molecule has 0 radical (unpaired) electrons. The van der Waals surface area contributed by atoms with Crippen molar-refractivity contribution in [2.45, 2.75) is 71.8 Å². The molecule has 220 valence electrons. The van der Waals surface area contributed by atoms with Crippen molar-refractivity contribution in [3.8, 4) is 5.75 Å². The third-order valence-corrected chi connectivity index (χ3v) is 11.1. The van der Waals surface area contributed by atoms with Crippen molar-refractivity contribution in [2.24, 2.45) is 45.1 Å². The molecule has 10 atom stereocenters. The van der Waals surface area contributed by atoms with Gasteiger partial charge in [-0.15, -0.1) is 11.7 Å². The molecule has 3 fully saturated rings. The fraction of sp³-hybridized carbons (Fsp3) is 0.600. The zero-order valence-electron chi connectivity index (χ0n) is 23.8. The minimum absolute atomic E-state index is 0.00148. The predicted octanol–water partition coefficient (Wildman–Crippen LogP) is 3.31. The number of carbonyl (C=O) groups excluding carboxylic acids is 2. The summed E-state index contributed by atoms with van der Waals surface area (Å²) in [4.78, 5) is 38.6. The van der Waals surface area contributed by atoms with E-state index in [2.05, 4.69) is 11.7 Å². The summed E-state index contributed by atoms with van der Waals surface area (Å²) in [6.45, 7) is 12.1. The lowest BCUT2D eigenvalue weighted by molar-refractivity contribution is -0.199. The van der Waals surface area contributed by atoms with Gasteiger partial charge in [0.25, 0.3) is 6.47 Å². The van der Waals surface area contributed by atoms with Gasteiger partial charge in [-0.05, 0) is 66.2 Å². The number of Topliss-reactive ketones (excluding diaryl/α,β-unsaturated/α-hetero) is 1. The Morgan fingerprint density at radius 1 is 1.32 bits per heavy atom. The van der Waals surface area contributed by atoms with Gasteiger partial charge in [0.2, 0.25) is 0 Å². The molecule has 4 aliphatic rings. The first-order valence-electron chi connectivity index (χ1n) is 14.1. The van der Waals surface area contributed by atoms with Crippen molar-refractivity contribution in [2.75, 3.05) is 0 Å². The maximum absolute atomic E-state index is 15.5. The van der Waals surface area contributed by atoms with Crippen LogP contribution >= 0.6 is 0 Å². The molecule has 2 unspecified atom stereocenters. The topological polar surface area (TPSA) is 132 Å². The van der Waals surface area contributed by atoms with E-state index < -0.39 is 65.3 Å². The fourth-order valence-corrected chi connectivity index (χ4v) is 8.78. The number of rotatable bonds is 7. The number of ketones is 1. The molecular weight excluding hydrogens is 532 g/mol. The molecule has 41 heavy (non-hydrogen) atoms. The van der Waals surface area contributed by atoms with E-state index >= 15 is 4.39 Å². The van der Waals surface area contributed by atoms with E-state index in [1.165, 1.54) is 12.3 Å². The highest BCUT2D eigenvalue weighted by molar-refractivity contribution is 6.62. The van der Waals surface area contributed by atoms with Crippen LogP contribution in [0.25, 0.3) is 0 Å². The third-order valence-electron chi connectivity index (χ3n) is 11.1. The van der Waals surface area contributed by atoms with Crippen LogP contribution in [-0.2, 0) is 23.9 Å². The number of carboxylic acid groups (broad SMARTS) is 1. The number of aliphatic carboxylic acids is 1. The van der Waals surface area contributed by atoms with Gasteiger partial charge >= 0.3 is 13.1 Å². The molecule has 0 spiro atoms. The molecule has 1 aromatic rings. The van der Waals surface area contributed by atoms with Crippen LogP contribution in [0.1, 0.15) is 58.9 Å². The van der Waals surface area contributed by atoms with Crippen molar-refractivity contribution in [3.05, 3.63) is 36.4 Å². The van der Waals surface area contributed by atoms with Crippen LogP contribution < -0.4 is 10.2 Å². The van der Waals surface area contributed by atoms with Gasteiger partial charge in [-0.2, -0.15) is 0 Å². The molecule has 5 rings (SSSR count). The summed E-state index contributed by atoms with van der Waals surface area (Å²) < 4.78 is 32.4. The molecule has 3 saturated carbocycles. The summed E-state index contributed by atoms with van der Waals surface area (Å²) >= 11 is 0. The van der Waals surface area contributed by atoms with Crippen molar-refractivity contribution in [1.82, 2.24) is 0 Å². The molecule has 2 N–H and O–H groups in total. The Morgan fingerprint density at radius 3 is 2.71 bits per heavy atom. The van der Waals surface area contributed by atoms with Crippen LogP contribution in [0.5, 0.6) is 5.75 Å². The smallest absolute Gasteiger partial charge is 0.478 e. The van der Waals surface area contributed by atoms with Crippen LogP contribution in [0.15, 0.2) is 36.0 Å². The van der Waals surface area contributed by atoms with Crippen molar-refractivity contribution >= 4 is 37.0 Å². The van der Waals surface area contributed by atoms with Gasteiger partial charge in [-0.3, -0.25) is 9.59 Å². The molecule has 9 nitrogen and oxygen atoms in total. The van der Waals surface area contributed by atoms with Crippen LogP contribution in [-0.4, -0.2) is 60.1 Å². The largest absolute Gasteiger partial charge is 0.583 e. The number of carboxylic acids is 1. The molecule has 1 aliphatic heterocycles. The lowest BCUT2D eigenvalue weighted by atomic mass is 9.41. The molecule has 0 aromatic heterocycles. The molecular formula is C30H37BFNO8. The number of alkyl halides is 1. The average Bonchev–Trinajstić information content (AvgIpc) is 3.21. The van der Waals surface area contributed by atoms with E-state index in [0.717, 1.165) is 0 Å². The molecule has 2 bridgehead atoms. The van der Waals surface area contributed by atoms with Crippen LogP contribution in [0.4, 0.5) is 4.39 Å². The predicted molar refractivity (Wildman–Crippen MR) is 148 cm³/mol. The van der Waals surface area contributed by atoms with Gasteiger partial charge < -0.3 is 24.4 Å². The zero-order chi connectivity index (χ0) is 29.9. The summed E-state index contributed by atoms with van der Waals surface area (Å²) in [7, 11) is -1.34. The Hall–Kier alpha value is -3.21. The summed E-state index contributed by atoms with van der Waals surface area (Å²) in [6.07, 6.45) is 0.585. The summed E-state index contributed by atoms with van der Waals surface area (Å²) in [6, 6.07) is 4.74. The zero-order valence-corrected chi connectivity index (χ0v) is 23.8. The Kier molecular flexibility index (Phi) is 7.33. The van der Waals surface area contributed by atoms with Gasteiger partial charge in [0, 0.05) is 28.6 Å². The second kappa shape index (κ2) is 10.3. The van der Waals surface area contributed by atoms with Crippen molar-refractivity contribution in [1.29, 1.82) is 0 Å². The highest BCUT2D eigenvalue weighted by Gasteiger charge is 2.71. The lowest BCUT2D eigenvalue weighted by Crippen LogP contribution is -2.64. The summed E-state index contributed by atoms with van der Waals surface area (Å²) in [5, 5.41) is 24.6. The Bertz CT molecular complexity index is 1290. The maximum Gasteiger partial charge on any atom is 0.583 e. The Morgan fingerprint density at radius 2 is 2.05 bits per heavy atom. The molecule has 3 aliphatic carbocycles. The molecule has 0 saturated heterocycles. The number of nitrogens with zero attached hydrogens (tertiary/aromatic N) is 1. The van der Waals surface area contributed by atoms with Crippen molar-refractivity contribution in [3.63, 3.8) is 0 Å². The number of carbonyl (C=O) groups is 3. The first-order chi connectivity index (χ1) is 19.3. The maximum atomic E-state index is 15.5. The van der Waals surface area contributed by atoms with Gasteiger partial charge in [-0.25, -0.2) is 9.18 Å². The van der Waals surface area contributed by atoms with Crippen LogP contribution in [0, 0.1) is 39.9 Å². The van der Waals surface area contributed by atoms with E-state index in [0.29, 0.717) is 30.3 Å². The van der Waals surface area contributed by atoms with E-state index in [1.54, 1.807) is 18.2 Å². The minimum atomic E-state index is -1.69. The monoisotopic (exact) mass is 569 g/mol. The van der Waals surface area contributed by atoms with E-state index in [4.69, 9.17) is 14.2 Å². The highest BCUT2D eigenvalue weighted by Crippen LogP contribution is 2.70. The number of hydrogen-bond acceptors (Lipinski definition) is 8. The normalized spacial score (nSPS) is 40.2. The quantitative estimate of drug-likeness (QED) is 0.291. The standard InChI is InChI=1S/C30H37BFNO8/c1-6-28(4)12-20(24(27(36)37)40-19-8-7-18-14-33-41-31(38)21(18)11-19)29(5)16(2)9-10-30(17(3)26(28)39-15-34)13-22(32)23(35)25(29)30/h6-8,11,14-17,20,22,24-26,38H,1,9-10,12-13H2,2-5H3,(H,36,37)/t16-,17+,20+,22?,24?,25+,26+,28-,29-,30+/m1/s1. The van der Waals surface area contributed by atoms with Gasteiger partial charge in [0.15, 0.2) is 18.1 Å². The van der Waals surface area contributed by atoms with Gasteiger partial charge in [-0.1, -0.05) is 33.8 Å². The first kappa shape index (κ1) is 29.3. The van der Waals surface area contributed by atoms with Gasteiger partial charge in [0.05, 0.1) is 6.21 Å². The van der Waals surface area contributed by atoms with Crippen LogP contribution in [0.3, 0.4) is 0 Å². The minimum Gasteiger partial charge on any atom is -0.478 e. The molecule has 0 amide bonds. The fourth-order valence-electron chi connectivity index (χ4n) is 8.78. The third kappa shape index (κ3) is 4.30. The second-order valence-corrected chi connectivity index (χ2v) is 12.9. The SMILES string of the molecule is C=C[C@]1(C)C[C@@H](C(Oc2ccc3c(c2)B(O)ON=C3)C(=O)O)[C@@]2(C)[C@H](C)CC[C@]3(CC(F)C(=O)[C@H]32)[C@@H](C)[C@@H]1OC=O. The Balaban J connectivity index is 1.69. The van der Waals surface area contributed by atoms with Gasteiger partial charge in [0.1, 0.15) is 11.9 Å². The summed E-state index contributed by atoms with van der Waals surface area (Å²) in [5.74, 6) is -3.69. The first-order valence-corrected chi connectivity index (χ1v) is 14.1. The molecule has 1 heterocycles. The summed E-state index contributed by atoms with van der Waals surface area (Å²) in [5.41, 5.74) is -1.74. The van der Waals surface area contributed by atoms with E-state index in [1.807, 2.05) is 27.7 Å². The van der Waals surface area contributed by atoms with E-state index in [9.17, 15) is 24.5 Å². The Labute approximate surface area is 239 Å². The van der Waals surface area contributed by atoms with Crippen LogP contribution in [0.2, 0.25) is 0 Å². The number of halogens is 1. The number of oxime groups is 1. The second-order valence-electron chi connectivity index (χ2n) is 12.9. The van der Waals surface area contributed by atoms with E-state index in [-0.39, 0.29) is 30.4 Å². The number of hydrogen-bond donors (Lipinski definition) is 2. The average molecular weight is 569 g/mol. The number of benzene rings is 1. The lowest BCUT2D eigenvalue weighted by Gasteiger charge is -2.63. The number of ether oxygens (including phenoxy) is 2. The number of fused-ring (bicyclic) bond motifs is 1.